The summed E-state index contributed by atoms with van der Waals surface area (Å²) in [6.45, 7) is 10.6. The molecule has 11 heteroatoms. The van der Waals surface area contributed by atoms with E-state index < -0.39 is 5.91 Å². The highest BCUT2D eigenvalue weighted by molar-refractivity contribution is 6.03. The molecule has 11 nitrogen and oxygen atoms in total. The van der Waals surface area contributed by atoms with Gasteiger partial charge < -0.3 is 20.1 Å². The van der Waals surface area contributed by atoms with Gasteiger partial charge in [-0.3, -0.25) is 14.7 Å². The molecule has 0 bridgehead atoms. The highest BCUT2D eigenvalue weighted by Crippen LogP contribution is 2.33. The lowest BCUT2D eigenvalue weighted by molar-refractivity contribution is -0.125. The van der Waals surface area contributed by atoms with Gasteiger partial charge in [0.25, 0.3) is 11.7 Å². The summed E-state index contributed by atoms with van der Waals surface area (Å²) in [7, 11) is 0. The molecule has 1 aliphatic rings. The van der Waals surface area contributed by atoms with Crippen LogP contribution < -0.4 is 10.6 Å². The normalized spacial score (nSPS) is 15.6. The van der Waals surface area contributed by atoms with Crippen molar-refractivity contribution in [2.45, 2.75) is 38.6 Å². The van der Waals surface area contributed by atoms with Crippen molar-refractivity contribution in [1.82, 2.24) is 30.2 Å². The third-order valence-electron chi connectivity index (χ3n) is 6.18. The molecule has 3 N–H and O–H groups in total. The Kier molecular flexibility index (Phi) is 6.20. The first-order chi connectivity index (χ1) is 17.7. The molecule has 1 aliphatic heterocycles. The maximum Gasteiger partial charge on any atom is 0.297 e. The number of hydrogen-bond donors (Lipinski definition) is 3. The first-order valence-corrected chi connectivity index (χ1v) is 12.0. The van der Waals surface area contributed by atoms with Crippen LogP contribution in [0.15, 0.2) is 53.7 Å². The van der Waals surface area contributed by atoms with Crippen molar-refractivity contribution >= 4 is 34.4 Å². The Morgan fingerprint density at radius 1 is 1.27 bits per heavy atom. The quantitative estimate of drug-likeness (QED) is 0.340. The van der Waals surface area contributed by atoms with E-state index in [0.29, 0.717) is 36.1 Å². The van der Waals surface area contributed by atoms with E-state index in [-0.39, 0.29) is 23.2 Å². The van der Waals surface area contributed by atoms with Crippen molar-refractivity contribution in [3.8, 4) is 11.1 Å². The highest BCUT2D eigenvalue weighted by atomic mass is 16.5. The Bertz CT molecular complexity index is 1480. The van der Waals surface area contributed by atoms with E-state index in [1.54, 1.807) is 17.2 Å². The van der Waals surface area contributed by atoms with Crippen molar-refractivity contribution < 1.29 is 14.1 Å². The van der Waals surface area contributed by atoms with Gasteiger partial charge in [-0.05, 0) is 41.8 Å². The summed E-state index contributed by atoms with van der Waals surface area (Å²) >= 11 is 0. The van der Waals surface area contributed by atoms with Crippen molar-refractivity contribution in [1.29, 1.82) is 0 Å². The van der Waals surface area contributed by atoms with Crippen LogP contribution in [0.4, 0.5) is 11.5 Å². The molecule has 190 valence electrons. The number of pyridine rings is 1. The number of anilines is 2. The molecule has 3 aromatic heterocycles. The minimum absolute atomic E-state index is 0.0245. The lowest BCUT2D eigenvalue weighted by atomic mass is 9.97. The van der Waals surface area contributed by atoms with Gasteiger partial charge in [-0.2, -0.15) is 10.1 Å². The molecule has 4 aromatic rings. The van der Waals surface area contributed by atoms with Crippen LogP contribution in [0.5, 0.6) is 0 Å². The van der Waals surface area contributed by atoms with Crippen molar-refractivity contribution in [3.63, 3.8) is 0 Å². The van der Waals surface area contributed by atoms with Gasteiger partial charge in [0, 0.05) is 36.4 Å². The van der Waals surface area contributed by atoms with Crippen LogP contribution in [0.1, 0.15) is 43.7 Å². The molecule has 1 atom stereocenters. The zero-order valence-electron chi connectivity index (χ0n) is 20.9. The van der Waals surface area contributed by atoms with Crippen LogP contribution in [0, 0.1) is 0 Å². The number of nitrogens with zero attached hydrogens (tertiary/aromatic N) is 5. The maximum absolute atomic E-state index is 12.8. The largest absolute Gasteiger partial charge is 0.363 e. The van der Waals surface area contributed by atoms with Gasteiger partial charge in [-0.1, -0.05) is 44.6 Å². The summed E-state index contributed by atoms with van der Waals surface area (Å²) < 4.78 is 5.24. The van der Waals surface area contributed by atoms with Gasteiger partial charge in [0.2, 0.25) is 11.8 Å². The molecule has 37 heavy (non-hydrogen) atoms. The topological polar surface area (TPSA) is 142 Å². The van der Waals surface area contributed by atoms with E-state index in [9.17, 15) is 9.59 Å². The monoisotopic (exact) mass is 500 g/mol. The van der Waals surface area contributed by atoms with Crippen molar-refractivity contribution in [2.24, 2.45) is 0 Å². The van der Waals surface area contributed by atoms with Crippen molar-refractivity contribution in [3.05, 3.63) is 60.9 Å². The number of amides is 2. The number of carbonyl (C=O) groups excluding carboxylic acids is 2. The summed E-state index contributed by atoms with van der Waals surface area (Å²) in [5.41, 5.74) is 2.62. The maximum atomic E-state index is 12.8. The Hall–Kier alpha value is -4.54. The van der Waals surface area contributed by atoms with Gasteiger partial charge in [0.05, 0.1) is 5.39 Å². The molecular weight excluding hydrogens is 472 g/mol. The second kappa shape index (κ2) is 9.49. The Morgan fingerprint density at radius 3 is 2.86 bits per heavy atom. The van der Waals surface area contributed by atoms with E-state index in [1.165, 1.54) is 6.08 Å². The van der Waals surface area contributed by atoms with E-state index in [0.717, 1.165) is 22.9 Å². The summed E-state index contributed by atoms with van der Waals surface area (Å²) in [6.07, 6.45) is 3.85. The first-order valence-electron chi connectivity index (χ1n) is 12.0. The second-order valence-corrected chi connectivity index (χ2v) is 9.98. The second-order valence-electron chi connectivity index (χ2n) is 9.98. The minimum atomic E-state index is -0.457. The number of rotatable bonds is 6. The van der Waals surface area contributed by atoms with Crippen LogP contribution in [0.2, 0.25) is 0 Å². The predicted octanol–water partition coefficient (Wildman–Crippen LogP) is 3.76. The van der Waals surface area contributed by atoms with Gasteiger partial charge >= 0.3 is 0 Å². The van der Waals surface area contributed by atoms with Gasteiger partial charge in [0.1, 0.15) is 0 Å². The molecule has 5 rings (SSSR count). The third-order valence-corrected chi connectivity index (χ3v) is 6.18. The third kappa shape index (κ3) is 4.92. The average molecular weight is 501 g/mol. The van der Waals surface area contributed by atoms with E-state index in [1.807, 2.05) is 45.0 Å². The van der Waals surface area contributed by atoms with E-state index in [2.05, 4.69) is 42.5 Å². The summed E-state index contributed by atoms with van der Waals surface area (Å²) in [6, 6.07) is 9.43. The predicted molar refractivity (Wildman–Crippen MR) is 139 cm³/mol. The van der Waals surface area contributed by atoms with Crippen LogP contribution in [-0.2, 0) is 10.2 Å². The number of aromatic nitrogens is 5. The summed E-state index contributed by atoms with van der Waals surface area (Å²) in [5.74, 6) is 0.495. The van der Waals surface area contributed by atoms with Gasteiger partial charge in [0.15, 0.2) is 11.5 Å². The number of hydrogen-bond acceptors (Lipinski definition) is 8. The molecule has 0 aliphatic carbocycles. The lowest BCUT2D eigenvalue weighted by Crippen LogP contribution is -2.30. The molecule has 0 saturated carbocycles. The minimum Gasteiger partial charge on any atom is -0.363 e. The number of H-pyrrole nitrogens is 1. The molecule has 1 saturated heterocycles. The van der Waals surface area contributed by atoms with Crippen LogP contribution in [-0.4, -0.2) is 61.2 Å². The van der Waals surface area contributed by atoms with Crippen molar-refractivity contribution in [2.75, 3.05) is 23.7 Å². The number of nitrogens with one attached hydrogen (secondary N) is 3. The van der Waals surface area contributed by atoms with Gasteiger partial charge in [-0.15, -0.1) is 0 Å². The molecule has 0 spiro atoms. The highest BCUT2D eigenvalue weighted by Gasteiger charge is 2.27. The molecule has 2 amide bonds. The molecule has 0 unspecified atom stereocenters. The number of aromatic amines is 1. The number of likely N-dealkylation sites (tertiary alicyclic amines) is 1. The lowest BCUT2D eigenvalue weighted by Gasteiger charge is -2.15. The Morgan fingerprint density at radius 2 is 2.11 bits per heavy atom. The molecule has 0 radical (unpaired) electrons. The standard InChI is InChI=1S/C26H28N8O3/c1-5-19(35)34-12-10-17(14-34)28-22-20-18(9-11-27-21(20)31-32-22)15-7-6-8-16(13-15)29-24(36)23-30-25(37-33-23)26(2,3)4/h5-9,11,13,17H,1,10,12,14H2,2-4H3,(H,29,36)(H2,27,28,31,32)/t17-/m1/s1. The number of benzene rings is 1. The molecule has 1 aromatic carbocycles. The molecule has 1 fully saturated rings. The fraction of sp³-hybridized carbons (Fsp3) is 0.308. The van der Waals surface area contributed by atoms with E-state index >= 15 is 0 Å². The number of carbonyl (C=O) groups is 2. The molecular formula is C26H28N8O3. The fourth-order valence-corrected chi connectivity index (χ4v) is 4.27. The zero-order valence-corrected chi connectivity index (χ0v) is 20.9. The molecule has 4 heterocycles. The summed E-state index contributed by atoms with van der Waals surface area (Å²) in [5, 5.41) is 18.4. The summed E-state index contributed by atoms with van der Waals surface area (Å²) in [4.78, 5) is 35.1. The zero-order chi connectivity index (χ0) is 26.2. The van der Waals surface area contributed by atoms with Crippen LogP contribution in [0.25, 0.3) is 22.2 Å². The van der Waals surface area contributed by atoms with E-state index in [4.69, 9.17) is 4.52 Å². The number of fused-ring (bicyclic) bond motifs is 1. The van der Waals surface area contributed by atoms with Gasteiger partial charge in [-0.25, -0.2) is 4.98 Å². The first kappa shape index (κ1) is 24.2. The Balaban J connectivity index is 1.39. The van der Waals surface area contributed by atoms with Crippen LogP contribution in [0.3, 0.4) is 0 Å². The van der Waals surface area contributed by atoms with Crippen LogP contribution >= 0.6 is 0 Å². The average Bonchev–Trinajstić information content (AvgIpc) is 3.64. The fourth-order valence-electron chi connectivity index (χ4n) is 4.27. The SMILES string of the molecule is C=CC(=O)N1CC[C@@H](Nc2n[nH]c3nccc(-c4cccc(NC(=O)c5noc(C(C)(C)C)n5)c4)c23)C1. The smallest absolute Gasteiger partial charge is 0.297 e. The Labute approximate surface area is 213 Å².